The Balaban J connectivity index is 1.86. The first-order valence-electron chi connectivity index (χ1n) is 6.15. The number of nitrogens with two attached hydrogens (primary N) is 1. The van der Waals surface area contributed by atoms with Crippen molar-refractivity contribution < 1.29 is 5.11 Å². The second-order valence-corrected chi connectivity index (χ2v) is 6.02. The summed E-state index contributed by atoms with van der Waals surface area (Å²) in [5, 5.41) is 9.47. The van der Waals surface area contributed by atoms with Crippen molar-refractivity contribution in [1.29, 1.82) is 0 Å². The van der Waals surface area contributed by atoms with E-state index in [-0.39, 0.29) is 6.10 Å². The van der Waals surface area contributed by atoms with Crippen LogP contribution in [0.25, 0.3) is 0 Å². The van der Waals surface area contributed by atoms with Gasteiger partial charge in [-0.2, -0.15) is 0 Å². The van der Waals surface area contributed by atoms with Gasteiger partial charge in [0.25, 0.3) is 0 Å². The van der Waals surface area contributed by atoms with Crippen LogP contribution in [0.15, 0.2) is 0 Å². The van der Waals surface area contributed by atoms with E-state index in [2.05, 4.69) is 18.7 Å². The minimum atomic E-state index is -0.101. The minimum absolute atomic E-state index is 0.101. The molecule has 0 bridgehead atoms. The Morgan fingerprint density at radius 2 is 2.13 bits per heavy atom. The first-order valence-corrected chi connectivity index (χ1v) is 6.15. The van der Waals surface area contributed by atoms with E-state index in [4.69, 9.17) is 5.73 Å². The SMILES string of the molecule is CC1(C)CCC(CN2CCC(O)C2)C1N. The molecule has 2 aliphatic rings. The maximum absolute atomic E-state index is 9.47. The number of hydrogen-bond acceptors (Lipinski definition) is 3. The molecule has 1 aliphatic heterocycles. The second kappa shape index (κ2) is 4.04. The molecule has 0 amide bonds. The van der Waals surface area contributed by atoms with E-state index in [0.29, 0.717) is 17.4 Å². The maximum Gasteiger partial charge on any atom is 0.0679 e. The van der Waals surface area contributed by atoms with Crippen LogP contribution in [-0.4, -0.2) is 41.8 Å². The van der Waals surface area contributed by atoms with Crippen molar-refractivity contribution in [1.82, 2.24) is 4.90 Å². The first kappa shape index (κ1) is 11.4. The summed E-state index contributed by atoms with van der Waals surface area (Å²) >= 11 is 0. The third-order valence-corrected chi connectivity index (χ3v) is 4.31. The summed E-state index contributed by atoms with van der Waals surface area (Å²) in [7, 11) is 0. The topological polar surface area (TPSA) is 49.5 Å². The standard InChI is InChI=1S/C12H24N2O/c1-12(2)5-3-9(11(12)13)7-14-6-4-10(15)8-14/h9-11,15H,3-8,13H2,1-2H3. The summed E-state index contributed by atoms with van der Waals surface area (Å²) in [6, 6.07) is 0.329. The molecule has 0 aromatic carbocycles. The Morgan fingerprint density at radius 1 is 1.40 bits per heavy atom. The van der Waals surface area contributed by atoms with Crippen LogP contribution in [0.4, 0.5) is 0 Å². The van der Waals surface area contributed by atoms with Crippen LogP contribution in [0.2, 0.25) is 0 Å². The second-order valence-electron chi connectivity index (χ2n) is 6.02. The van der Waals surface area contributed by atoms with Crippen molar-refractivity contribution in [2.45, 2.75) is 45.3 Å². The van der Waals surface area contributed by atoms with E-state index in [0.717, 1.165) is 26.1 Å². The molecule has 2 rings (SSSR count). The number of hydrogen-bond donors (Lipinski definition) is 2. The molecule has 88 valence electrons. The predicted molar refractivity (Wildman–Crippen MR) is 61.5 cm³/mol. The molecule has 0 aromatic rings. The van der Waals surface area contributed by atoms with Crippen LogP contribution < -0.4 is 5.73 Å². The Bertz CT molecular complexity index is 230. The Kier molecular flexibility index (Phi) is 3.06. The van der Waals surface area contributed by atoms with Crippen LogP contribution in [0.5, 0.6) is 0 Å². The average Bonchev–Trinajstić information content (AvgIpc) is 2.66. The lowest BCUT2D eigenvalue weighted by Crippen LogP contribution is -2.41. The highest BCUT2D eigenvalue weighted by Gasteiger charge is 2.40. The van der Waals surface area contributed by atoms with Gasteiger partial charge in [-0.15, -0.1) is 0 Å². The van der Waals surface area contributed by atoms with Crippen molar-refractivity contribution in [3.8, 4) is 0 Å². The molecule has 1 aliphatic carbocycles. The highest BCUT2D eigenvalue weighted by Crippen LogP contribution is 2.40. The van der Waals surface area contributed by atoms with E-state index < -0.39 is 0 Å². The molecule has 3 nitrogen and oxygen atoms in total. The van der Waals surface area contributed by atoms with Crippen LogP contribution in [0, 0.1) is 11.3 Å². The molecule has 3 heteroatoms. The van der Waals surface area contributed by atoms with Gasteiger partial charge in [0.05, 0.1) is 6.10 Å². The molecular formula is C12H24N2O. The van der Waals surface area contributed by atoms with Crippen LogP contribution >= 0.6 is 0 Å². The fraction of sp³-hybridized carbons (Fsp3) is 1.00. The summed E-state index contributed by atoms with van der Waals surface area (Å²) in [4.78, 5) is 2.37. The molecule has 0 aromatic heterocycles. The lowest BCUT2D eigenvalue weighted by Gasteiger charge is -2.29. The van der Waals surface area contributed by atoms with Gasteiger partial charge in [0.2, 0.25) is 0 Å². The van der Waals surface area contributed by atoms with Crippen molar-refractivity contribution in [2.24, 2.45) is 17.1 Å². The number of rotatable bonds is 2. The highest BCUT2D eigenvalue weighted by molar-refractivity contribution is 4.95. The van der Waals surface area contributed by atoms with Gasteiger partial charge in [0.1, 0.15) is 0 Å². The zero-order valence-electron chi connectivity index (χ0n) is 9.95. The smallest absolute Gasteiger partial charge is 0.0679 e. The zero-order chi connectivity index (χ0) is 11.1. The number of likely N-dealkylation sites (tertiary alicyclic amines) is 1. The first-order chi connectivity index (χ1) is 6.99. The largest absolute Gasteiger partial charge is 0.392 e. The van der Waals surface area contributed by atoms with Crippen molar-refractivity contribution in [3.05, 3.63) is 0 Å². The Morgan fingerprint density at radius 3 is 2.60 bits per heavy atom. The van der Waals surface area contributed by atoms with E-state index in [1.54, 1.807) is 0 Å². The van der Waals surface area contributed by atoms with Gasteiger partial charge in [-0.25, -0.2) is 0 Å². The number of β-amino-alcohol motifs (C(OH)–C–C–N with tert-alkyl or cyclic N) is 1. The Labute approximate surface area is 92.6 Å². The highest BCUT2D eigenvalue weighted by atomic mass is 16.3. The molecule has 3 N–H and O–H groups in total. The van der Waals surface area contributed by atoms with E-state index in [1.807, 2.05) is 0 Å². The van der Waals surface area contributed by atoms with Gasteiger partial charge >= 0.3 is 0 Å². The predicted octanol–water partition coefficient (Wildman–Crippen LogP) is 0.817. The molecule has 2 fully saturated rings. The average molecular weight is 212 g/mol. The molecule has 3 unspecified atom stereocenters. The van der Waals surface area contributed by atoms with Gasteiger partial charge in [0, 0.05) is 25.7 Å². The summed E-state index contributed by atoms with van der Waals surface area (Å²) in [5.74, 6) is 0.630. The van der Waals surface area contributed by atoms with Crippen LogP contribution in [-0.2, 0) is 0 Å². The Hall–Kier alpha value is -0.120. The van der Waals surface area contributed by atoms with Crippen molar-refractivity contribution in [2.75, 3.05) is 19.6 Å². The van der Waals surface area contributed by atoms with Crippen LogP contribution in [0.3, 0.4) is 0 Å². The molecule has 1 heterocycles. The van der Waals surface area contributed by atoms with Gasteiger partial charge in [0.15, 0.2) is 0 Å². The van der Waals surface area contributed by atoms with Gasteiger partial charge in [-0.1, -0.05) is 13.8 Å². The summed E-state index contributed by atoms with van der Waals surface area (Å²) in [6.45, 7) is 7.53. The fourth-order valence-corrected chi connectivity index (χ4v) is 3.06. The molecule has 15 heavy (non-hydrogen) atoms. The molecule has 1 saturated heterocycles. The normalized spacial score (nSPS) is 41.2. The van der Waals surface area contributed by atoms with Gasteiger partial charge in [-0.05, 0) is 30.6 Å². The van der Waals surface area contributed by atoms with E-state index in [1.165, 1.54) is 12.8 Å². The molecule has 1 saturated carbocycles. The fourth-order valence-electron chi connectivity index (χ4n) is 3.06. The molecule has 3 atom stereocenters. The lowest BCUT2D eigenvalue weighted by molar-refractivity contribution is 0.165. The summed E-state index contributed by atoms with van der Waals surface area (Å²) < 4.78 is 0. The number of aliphatic hydroxyl groups is 1. The summed E-state index contributed by atoms with van der Waals surface area (Å²) in [5.41, 5.74) is 6.59. The van der Waals surface area contributed by atoms with Crippen molar-refractivity contribution in [3.63, 3.8) is 0 Å². The maximum atomic E-state index is 9.47. The van der Waals surface area contributed by atoms with Gasteiger partial charge < -0.3 is 15.7 Å². The minimum Gasteiger partial charge on any atom is -0.392 e. The monoisotopic (exact) mass is 212 g/mol. The number of aliphatic hydroxyl groups excluding tert-OH is 1. The van der Waals surface area contributed by atoms with Gasteiger partial charge in [-0.3, -0.25) is 0 Å². The van der Waals surface area contributed by atoms with E-state index >= 15 is 0 Å². The molecular weight excluding hydrogens is 188 g/mol. The number of nitrogens with zero attached hydrogens (tertiary/aromatic N) is 1. The lowest BCUT2D eigenvalue weighted by atomic mass is 9.85. The third-order valence-electron chi connectivity index (χ3n) is 4.31. The molecule has 0 radical (unpaired) electrons. The zero-order valence-corrected chi connectivity index (χ0v) is 9.95. The van der Waals surface area contributed by atoms with Crippen LogP contribution in [0.1, 0.15) is 33.1 Å². The molecule has 0 spiro atoms. The quantitative estimate of drug-likeness (QED) is 0.712. The summed E-state index contributed by atoms with van der Waals surface area (Å²) in [6.07, 6.45) is 3.33. The van der Waals surface area contributed by atoms with Crippen molar-refractivity contribution >= 4 is 0 Å². The van der Waals surface area contributed by atoms with E-state index in [9.17, 15) is 5.11 Å². The third kappa shape index (κ3) is 2.35.